The Morgan fingerprint density at radius 1 is 0.643 bits per heavy atom. The second-order valence-corrected chi connectivity index (χ2v) is 8.96. The molecule has 0 aromatic heterocycles. The molecule has 0 heterocycles. The van der Waals surface area contributed by atoms with Gasteiger partial charge < -0.3 is 14.6 Å². The fraction of sp³-hybridized carbons (Fsp3) is 0.179. The van der Waals surface area contributed by atoms with Gasteiger partial charge in [-0.2, -0.15) is 0 Å². The Morgan fingerprint density at radius 3 is 1.57 bits per heavy atom. The molecule has 0 saturated carbocycles. The van der Waals surface area contributed by atoms with Gasteiger partial charge in [0.25, 0.3) is 0 Å². The van der Waals surface area contributed by atoms with Crippen LogP contribution in [-0.4, -0.2) is 18.2 Å². The molecule has 4 aromatic rings. The Labute approximate surface area is 229 Å². The molecule has 0 bridgehead atoms. The summed E-state index contributed by atoms with van der Waals surface area (Å²) in [5.74, 6) is -29.0. The average Bonchev–Trinajstić information content (AvgIpc) is 2.99. The number of halogens is 10. The molecule has 1 N–H and O–H groups in total. The number of fused-ring (bicyclic) bond motifs is 1. The molecule has 0 saturated heterocycles. The third-order valence-electron chi connectivity index (χ3n) is 6.52. The lowest BCUT2D eigenvalue weighted by Crippen LogP contribution is -2.26. The molecule has 0 unspecified atom stereocenters. The fourth-order valence-corrected chi connectivity index (χ4v) is 4.19. The highest BCUT2D eigenvalue weighted by Crippen LogP contribution is 2.41. The number of aliphatic hydroxyl groups excluding tert-OH is 1. The fourth-order valence-electron chi connectivity index (χ4n) is 4.19. The van der Waals surface area contributed by atoms with E-state index < -0.39 is 93.4 Å². The van der Waals surface area contributed by atoms with Crippen LogP contribution in [0.4, 0.5) is 43.9 Å². The van der Waals surface area contributed by atoms with Gasteiger partial charge in [0.15, 0.2) is 52.6 Å². The number of carbonyl (C=O) groups excluding carboxylic acids is 1. The number of carbonyl (C=O) groups is 1. The quantitative estimate of drug-likeness (QED) is 0.103. The van der Waals surface area contributed by atoms with E-state index in [0.29, 0.717) is 16.5 Å². The van der Waals surface area contributed by atoms with E-state index >= 15 is 0 Å². The van der Waals surface area contributed by atoms with Gasteiger partial charge in [-0.05, 0) is 35.4 Å². The second kappa shape index (κ2) is 11.5. The van der Waals surface area contributed by atoms with E-state index in [-0.39, 0.29) is 5.56 Å². The van der Waals surface area contributed by atoms with Crippen LogP contribution in [0.1, 0.15) is 41.7 Å². The van der Waals surface area contributed by atoms with Gasteiger partial charge in [-0.1, -0.05) is 24.3 Å². The predicted octanol–water partition coefficient (Wildman–Crippen LogP) is 7.36. The van der Waals surface area contributed by atoms with Crippen LogP contribution in [-0.2, 0) is 9.53 Å². The van der Waals surface area contributed by atoms with Gasteiger partial charge in [0.1, 0.15) is 11.9 Å². The second-order valence-electron chi connectivity index (χ2n) is 8.96. The Kier molecular flexibility index (Phi) is 8.39. The van der Waals surface area contributed by atoms with Crippen LogP contribution in [0.15, 0.2) is 36.4 Å². The topological polar surface area (TPSA) is 55.8 Å². The highest BCUT2D eigenvalue weighted by atomic mass is 19.2. The van der Waals surface area contributed by atoms with Crippen molar-refractivity contribution in [1.82, 2.24) is 0 Å². The van der Waals surface area contributed by atoms with Crippen molar-refractivity contribution >= 4 is 16.7 Å². The van der Waals surface area contributed by atoms with Gasteiger partial charge in [-0.3, -0.25) is 4.79 Å². The summed E-state index contributed by atoms with van der Waals surface area (Å²) in [7, 11) is 1.43. The average molecular weight is 606 g/mol. The van der Waals surface area contributed by atoms with Crippen LogP contribution in [0.3, 0.4) is 0 Å². The van der Waals surface area contributed by atoms with Gasteiger partial charge >= 0.3 is 5.97 Å². The minimum absolute atomic E-state index is 0.152. The van der Waals surface area contributed by atoms with Gasteiger partial charge in [-0.25, -0.2) is 43.9 Å². The van der Waals surface area contributed by atoms with Gasteiger partial charge in [0, 0.05) is 0 Å². The molecule has 222 valence electrons. The molecule has 0 aliphatic heterocycles. The van der Waals surface area contributed by atoms with Crippen molar-refractivity contribution in [2.75, 3.05) is 7.11 Å². The molecule has 0 amide bonds. The van der Waals surface area contributed by atoms with E-state index in [9.17, 15) is 53.8 Å². The minimum Gasteiger partial charge on any atom is -0.497 e. The van der Waals surface area contributed by atoms with Crippen LogP contribution >= 0.6 is 0 Å². The van der Waals surface area contributed by atoms with Gasteiger partial charge in [-0.15, -0.1) is 0 Å². The number of rotatable bonds is 7. The van der Waals surface area contributed by atoms with Crippen molar-refractivity contribution in [3.8, 4) is 5.75 Å². The molecule has 0 radical (unpaired) electrons. The molecule has 42 heavy (non-hydrogen) atoms. The standard InChI is InChI=1S/C28H16F10O4/c1-9(10-3-4-12-8-13(41-2)6-5-11(12)7-10)28(40)42-27(15-18(31)22(35)25(38)23(36)19(15)32)26(39)14-16(29)20(33)24(37)21(34)17(14)30/h3-9,26-27,39H,1-2H3/t9-,26-,27-/m0/s1. The summed E-state index contributed by atoms with van der Waals surface area (Å²) in [6.45, 7) is 1.16. The zero-order valence-corrected chi connectivity index (χ0v) is 21.1. The summed E-state index contributed by atoms with van der Waals surface area (Å²) in [5.41, 5.74) is -4.10. The molecule has 4 rings (SSSR count). The highest BCUT2D eigenvalue weighted by Gasteiger charge is 2.41. The van der Waals surface area contributed by atoms with Crippen molar-refractivity contribution in [2.45, 2.75) is 25.0 Å². The maximum absolute atomic E-state index is 14.7. The molecule has 14 heteroatoms. The Morgan fingerprint density at radius 2 is 1.07 bits per heavy atom. The maximum Gasteiger partial charge on any atom is 0.313 e. The summed E-state index contributed by atoms with van der Waals surface area (Å²) < 4.78 is 151. The third-order valence-corrected chi connectivity index (χ3v) is 6.52. The Hall–Kier alpha value is -4.33. The first-order valence-corrected chi connectivity index (χ1v) is 11.7. The Balaban J connectivity index is 1.84. The molecule has 4 aromatic carbocycles. The number of hydrogen-bond acceptors (Lipinski definition) is 4. The van der Waals surface area contributed by atoms with Crippen molar-refractivity contribution in [3.05, 3.63) is 111 Å². The van der Waals surface area contributed by atoms with E-state index in [4.69, 9.17) is 9.47 Å². The number of methoxy groups -OCH3 is 1. The summed E-state index contributed by atoms with van der Waals surface area (Å²) in [4.78, 5) is 13.1. The first-order chi connectivity index (χ1) is 19.7. The minimum atomic E-state index is -3.36. The summed E-state index contributed by atoms with van der Waals surface area (Å²) in [6.07, 6.45) is -6.55. The van der Waals surface area contributed by atoms with E-state index in [1.54, 1.807) is 18.2 Å². The molecule has 0 spiro atoms. The van der Waals surface area contributed by atoms with E-state index in [2.05, 4.69) is 0 Å². The molecule has 0 aliphatic rings. The highest BCUT2D eigenvalue weighted by molar-refractivity contribution is 5.87. The molecular formula is C28H16F10O4. The third kappa shape index (κ3) is 5.10. The molecule has 4 nitrogen and oxygen atoms in total. The van der Waals surface area contributed by atoms with Gasteiger partial charge in [0.2, 0.25) is 11.6 Å². The lowest BCUT2D eigenvalue weighted by Gasteiger charge is -2.27. The number of esters is 1. The monoisotopic (exact) mass is 606 g/mol. The number of hydrogen-bond donors (Lipinski definition) is 1. The van der Waals surface area contributed by atoms with E-state index in [0.717, 1.165) is 6.92 Å². The SMILES string of the molecule is COc1ccc2cc([C@H](C)C(=O)O[C@@H](c3c(F)c(F)c(F)c(F)c3F)[C@@H](O)c3c(F)c(F)c(F)c(F)c3F)ccc2c1. The maximum atomic E-state index is 14.7. The largest absolute Gasteiger partial charge is 0.497 e. The summed E-state index contributed by atoms with van der Waals surface area (Å²) in [6, 6.07) is 9.19. The number of aliphatic hydroxyl groups is 1. The van der Waals surface area contributed by atoms with Crippen molar-refractivity contribution < 1.29 is 63.3 Å². The summed E-state index contributed by atoms with van der Waals surface area (Å²) in [5, 5.41) is 11.8. The van der Waals surface area contributed by atoms with E-state index in [1.165, 1.54) is 25.3 Å². The smallest absolute Gasteiger partial charge is 0.313 e. The first-order valence-electron chi connectivity index (χ1n) is 11.7. The zero-order chi connectivity index (χ0) is 31.2. The molecule has 0 aliphatic carbocycles. The lowest BCUT2D eigenvalue weighted by atomic mass is 9.94. The van der Waals surface area contributed by atoms with Crippen LogP contribution < -0.4 is 4.74 Å². The predicted molar refractivity (Wildman–Crippen MR) is 125 cm³/mol. The van der Waals surface area contributed by atoms with Crippen LogP contribution in [0.5, 0.6) is 5.75 Å². The van der Waals surface area contributed by atoms with E-state index in [1.807, 2.05) is 0 Å². The normalized spacial score (nSPS) is 13.6. The van der Waals surface area contributed by atoms with Crippen molar-refractivity contribution in [1.29, 1.82) is 0 Å². The molecular weight excluding hydrogens is 590 g/mol. The van der Waals surface area contributed by atoms with Crippen LogP contribution in [0.2, 0.25) is 0 Å². The molecule has 3 atom stereocenters. The van der Waals surface area contributed by atoms with Crippen molar-refractivity contribution in [2.24, 2.45) is 0 Å². The van der Waals surface area contributed by atoms with Crippen LogP contribution in [0, 0.1) is 58.2 Å². The summed E-state index contributed by atoms with van der Waals surface area (Å²) >= 11 is 0. The number of benzene rings is 4. The molecule has 0 fully saturated rings. The van der Waals surface area contributed by atoms with Crippen LogP contribution in [0.25, 0.3) is 10.8 Å². The zero-order valence-electron chi connectivity index (χ0n) is 21.1. The number of ether oxygens (including phenoxy) is 2. The Bertz CT molecular complexity index is 1670. The lowest BCUT2D eigenvalue weighted by molar-refractivity contribution is -0.158. The first kappa shape index (κ1) is 30.6. The van der Waals surface area contributed by atoms with Crippen molar-refractivity contribution in [3.63, 3.8) is 0 Å². The van der Waals surface area contributed by atoms with Gasteiger partial charge in [0.05, 0.1) is 24.2 Å².